The van der Waals surface area contributed by atoms with Crippen LogP contribution in [0.25, 0.3) is 0 Å². The first-order valence-electron chi connectivity index (χ1n) is 4.42. The number of rotatable bonds is 2. The van der Waals surface area contributed by atoms with Crippen LogP contribution in [0.3, 0.4) is 0 Å². The Morgan fingerprint density at radius 2 is 2.08 bits per heavy atom. The van der Waals surface area contributed by atoms with Crippen LogP contribution in [-0.2, 0) is 0 Å². The number of aromatic nitrogens is 1. The van der Waals surface area contributed by atoms with Crippen molar-refractivity contribution in [3.05, 3.63) is 18.3 Å². The molecule has 1 aromatic rings. The van der Waals surface area contributed by atoms with E-state index in [1.807, 2.05) is 12.3 Å². The number of anilines is 1. The van der Waals surface area contributed by atoms with E-state index in [-0.39, 0.29) is 0 Å². The van der Waals surface area contributed by atoms with Crippen LogP contribution in [-0.4, -0.2) is 18.1 Å². The first-order valence-corrected chi connectivity index (χ1v) is 6.29. The molecule has 0 aliphatic carbocycles. The van der Waals surface area contributed by atoms with E-state index in [2.05, 4.69) is 27.6 Å². The summed E-state index contributed by atoms with van der Waals surface area (Å²) in [6, 6.07) is 4.14. The summed E-state index contributed by atoms with van der Waals surface area (Å²) < 4.78 is 0. The highest BCUT2D eigenvalue weighted by atomic mass is 33.1. The van der Waals surface area contributed by atoms with Crippen molar-refractivity contribution in [1.82, 2.24) is 4.98 Å². The topological polar surface area (TPSA) is 16.1 Å². The number of hydrogen-bond acceptors (Lipinski definition) is 4. The zero-order valence-corrected chi connectivity index (χ0v) is 9.02. The molecule has 0 aromatic carbocycles. The third-order valence-electron chi connectivity index (χ3n) is 2.29. The summed E-state index contributed by atoms with van der Waals surface area (Å²) in [6.07, 6.45) is 4.55. The van der Waals surface area contributed by atoms with Gasteiger partial charge < -0.3 is 4.90 Å². The standard InChI is InChI=1S/C9H12N2S2/c12-13-9-4-3-8(7-10-9)11-5-1-2-6-11/h3-4,7,12H,1-2,5-6H2. The minimum atomic E-state index is 0.964. The molecule has 0 bridgehead atoms. The molecule has 1 aliphatic heterocycles. The molecule has 0 radical (unpaired) electrons. The fraction of sp³-hybridized carbons (Fsp3) is 0.444. The van der Waals surface area contributed by atoms with Crippen LogP contribution in [0, 0.1) is 0 Å². The lowest BCUT2D eigenvalue weighted by Gasteiger charge is -2.16. The molecule has 70 valence electrons. The van der Waals surface area contributed by atoms with Crippen LogP contribution in [0.1, 0.15) is 12.8 Å². The van der Waals surface area contributed by atoms with Crippen LogP contribution in [0.4, 0.5) is 5.69 Å². The van der Waals surface area contributed by atoms with Crippen LogP contribution >= 0.6 is 22.5 Å². The van der Waals surface area contributed by atoms with Gasteiger partial charge in [-0.25, -0.2) is 4.98 Å². The van der Waals surface area contributed by atoms with E-state index < -0.39 is 0 Å². The van der Waals surface area contributed by atoms with Crippen LogP contribution in [0.5, 0.6) is 0 Å². The second-order valence-electron chi connectivity index (χ2n) is 3.14. The van der Waals surface area contributed by atoms with Gasteiger partial charge in [-0.2, -0.15) is 0 Å². The number of hydrogen-bond donors (Lipinski definition) is 1. The minimum Gasteiger partial charge on any atom is -0.370 e. The molecule has 0 unspecified atom stereocenters. The second kappa shape index (κ2) is 4.24. The molecule has 0 saturated carbocycles. The van der Waals surface area contributed by atoms with E-state index in [9.17, 15) is 0 Å². The van der Waals surface area contributed by atoms with Crippen molar-refractivity contribution < 1.29 is 0 Å². The van der Waals surface area contributed by atoms with Gasteiger partial charge in [0, 0.05) is 13.1 Å². The molecule has 1 fully saturated rings. The van der Waals surface area contributed by atoms with Gasteiger partial charge in [0.05, 0.1) is 11.9 Å². The van der Waals surface area contributed by atoms with Crippen molar-refractivity contribution in [2.24, 2.45) is 0 Å². The monoisotopic (exact) mass is 212 g/mol. The number of thiol groups is 1. The van der Waals surface area contributed by atoms with E-state index in [1.165, 1.54) is 42.4 Å². The molecular weight excluding hydrogens is 200 g/mol. The SMILES string of the molecule is SSc1ccc(N2CCCC2)cn1. The van der Waals surface area contributed by atoms with E-state index >= 15 is 0 Å². The summed E-state index contributed by atoms with van der Waals surface area (Å²) in [4.78, 5) is 6.66. The molecule has 13 heavy (non-hydrogen) atoms. The van der Waals surface area contributed by atoms with E-state index in [4.69, 9.17) is 0 Å². The Balaban J connectivity index is 2.12. The first kappa shape index (κ1) is 9.21. The predicted molar refractivity (Wildman–Crippen MR) is 60.5 cm³/mol. The molecular formula is C9H12N2S2. The Morgan fingerprint density at radius 3 is 2.62 bits per heavy atom. The van der Waals surface area contributed by atoms with Crippen molar-refractivity contribution in [1.29, 1.82) is 0 Å². The van der Waals surface area contributed by atoms with E-state index in [0.717, 1.165) is 5.03 Å². The van der Waals surface area contributed by atoms with Crippen molar-refractivity contribution in [3.63, 3.8) is 0 Å². The fourth-order valence-corrected chi connectivity index (χ4v) is 2.14. The molecule has 1 aromatic heterocycles. The minimum absolute atomic E-state index is 0.964. The molecule has 1 aliphatic rings. The maximum atomic E-state index is 4.29. The highest BCUT2D eigenvalue weighted by Gasteiger charge is 2.11. The largest absolute Gasteiger partial charge is 0.370 e. The van der Waals surface area contributed by atoms with Gasteiger partial charge in [-0.05, 0) is 35.8 Å². The average molecular weight is 212 g/mol. The zero-order valence-electron chi connectivity index (χ0n) is 7.31. The molecule has 1 saturated heterocycles. The van der Waals surface area contributed by atoms with E-state index in [1.54, 1.807) is 0 Å². The Morgan fingerprint density at radius 1 is 1.31 bits per heavy atom. The molecule has 0 spiro atoms. The van der Waals surface area contributed by atoms with E-state index in [0.29, 0.717) is 0 Å². The van der Waals surface area contributed by atoms with Crippen molar-refractivity contribution in [2.45, 2.75) is 17.9 Å². The van der Waals surface area contributed by atoms with Gasteiger partial charge in [0.2, 0.25) is 0 Å². The molecule has 0 atom stereocenters. The fourth-order valence-electron chi connectivity index (χ4n) is 1.59. The maximum Gasteiger partial charge on any atom is 0.106 e. The summed E-state index contributed by atoms with van der Waals surface area (Å²) in [5.74, 6) is 0. The zero-order chi connectivity index (χ0) is 9.10. The van der Waals surface area contributed by atoms with Crippen LogP contribution in [0.2, 0.25) is 0 Å². The lowest BCUT2D eigenvalue weighted by Crippen LogP contribution is -2.17. The van der Waals surface area contributed by atoms with Crippen molar-refractivity contribution >= 4 is 28.1 Å². The Labute approximate surface area is 87.5 Å². The molecule has 2 rings (SSSR count). The van der Waals surface area contributed by atoms with Crippen LogP contribution < -0.4 is 4.90 Å². The van der Waals surface area contributed by atoms with Crippen LogP contribution in [0.15, 0.2) is 23.4 Å². The summed E-state index contributed by atoms with van der Waals surface area (Å²) in [7, 11) is 1.38. The smallest absolute Gasteiger partial charge is 0.106 e. The van der Waals surface area contributed by atoms with Gasteiger partial charge in [0.1, 0.15) is 5.03 Å². The highest BCUT2D eigenvalue weighted by Crippen LogP contribution is 2.23. The summed E-state index contributed by atoms with van der Waals surface area (Å²) >= 11 is 4.09. The van der Waals surface area contributed by atoms with Crippen molar-refractivity contribution in [2.75, 3.05) is 18.0 Å². The Bertz CT molecular complexity index is 267. The van der Waals surface area contributed by atoms with Crippen molar-refractivity contribution in [3.8, 4) is 0 Å². The third-order valence-corrected chi connectivity index (χ3v) is 3.28. The third kappa shape index (κ3) is 2.11. The molecule has 2 nitrogen and oxygen atoms in total. The first-order chi connectivity index (χ1) is 6.40. The molecule has 0 N–H and O–H groups in total. The Kier molecular flexibility index (Phi) is 3.01. The van der Waals surface area contributed by atoms with Gasteiger partial charge in [-0.3, -0.25) is 0 Å². The highest BCUT2D eigenvalue weighted by molar-refractivity contribution is 8.68. The molecule has 0 amide bonds. The summed E-state index contributed by atoms with van der Waals surface area (Å²) in [6.45, 7) is 2.35. The molecule has 4 heteroatoms. The van der Waals surface area contributed by atoms with Gasteiger partial charge in [-0.1, -0.05) is 0 Å². The Hall–Kier alpha value is -0.350. The number of nitrogens with zero attached hydrogens (tertiary/aromatic N) is 2. The lowest BCUT2D eigenvalue weighted by molar-refractivity contribution is 0.949. The number of pyridine rings is 1. The predicted octanol–water partition coefficient (Wildman–Crippen LogP) is 2.62. The lowest BCUT2D eigenvalue weighted by atomic mass is 10.4. The second-order valence-corrected chi connectivity index (χ2v) is 4.29. The maximum absolute atomic E-state index is 4.29. The average Bonchev–Trinajstić information content (AvgIpc) is 2.71. The van der Waals surface area contributed by atoms with Gasteiger partial charge in [-0.15, -0.1) is 11.7 Å². The summed E-state index contributed by atoms with van der Waals surface area (Å²) in [5, 5.41) is 0.964. The van der Waals surface area contributed by atoms with Gasteiger partial charge in [0.25, 0.3) is 0 Å². The quantitative estimate of drug-likeness (QED) is 0.599. The molecule has 2 heterocycles. The van der Waals surface area contributed by atoms with Gasteiger partial charge in [0.15, 0.2) is 0 Å². The normalized spacial score (nSPS) is 16.5. The summed E-state index contributed by atoms with van der Waals surface area (Å²) in [5.41, 5.74) is 1.24. The van der Waals surface area contributed by atoms with Gasteiger partial charge >= 0.3 is 0 Å².